The second-order valence-corrected chi connectivity index (χ2v) is 4.34. The number of ether oxygens (including phenoxy) is 1. The van der Waals surface area contributed by atoms with Crippen molar-refractivity contribution < 1.29 is 4.74 Å². The first-order chi connectivity index (χ1) is 7.81. The van der Waals surface area contributed by atoms with Crippen LogP contribution in [0.25, 0.3) is 0 Å². The van der Waals surface area contributed by atoms with Gasteiger partial charge in [0.1, 0.15) is 5.75 Å². The van der Waals surface area contributed by atoms with E-state index in [0.717, 1.165) is 31.9 Å². The lowest BCUT2D eigenvalue weighted by Crippen LogP contribution is -2.49. The number of nitrogens with zero attached hydrogens (tertiary/aromatic N) is 1. The molecule has 1 saturated heterocycles. The van der Waals surface area contributed by atoms with Crippen molar-refractivity contribution in [3.05, 3.63) is 29.8 Å². The van der Waals surface area contributed by atoms with Gasteiger partial charge in [-0.1, -0.05) is 18.2 Å². The first-order valence-corrected chi connectivity index (χ1v) is 5.88. The van der Waals surface area contributed by atoms with Crippen molar-refractivity contribution in [3.63, 3.8) is 0 Å². The third-order valence-electron chi connectivity index (χ3n) is 3.20. The predicted molar refractivity (Wildman–Crippen MR) is 73.0 cm³/mol. The minimum absolute atomic E-state index is 0. The summed E-state index contributed by atoms with van der Waals surface area (Å²) in [5.41, 5.74) is 1.28. The Bertz CT molecular complexity index is 346. The van der Waals surface area contributed by atoms with Crippen LogP contribution < -0.4 is 10.1 Å². The zero-order valence-corrected chi connectivity index (χ0v) is 11.3. The van der Waals surface area contributed by atoms with E-state index in [2.05, 4.69) is 29.3 Å². The van der Waals surface area contributed by atoms with Crippen LogP contribution in [0.5, 0.6) is 5.75 Å². The Labute approximate surface area is 110 Å². The Morgan fingerprint density at radius 1 is 1.41 bits per heavy atom. The largest absolute Gasteiger partial charge is 0.496 e. The lowest BCUT2D eigenvalue weighted by Gasteiger charge is -2.34. The van der Waals surface area contributed by atoms with E-state index in [1.54, 1.807) is 7.11 Å². The molecule has 0 unspecified atom stereocenters. The quantitative estimate of drug-likeness (QED) is 0.894. The number of hydrogen-bond acceptors (Lipinski definition) is 3. The molecule has 2 rings (SSSR count). The summed E-state index contributed by atoms with van der Waals surface area (Å²) in [5.74, 6) is 0.994. The van der Waals surface area contributed by atoms with Crippen LogP contribution in [-0.2, 0) is 6.54 Å². The molecule has 1 fully saturated rings. The van der Waals surface area contributed by atoms with Crippen molar-refractivity contribution in [1.29, 1.82) is 0 Å². The van der Waals surface area contributed by atoms with Crippen LogP contribution in [-0.4, -0.2) is 37.7 Å². The molecule has 0 spiro atoms. The fourth-order valence-electron chi connectivity index (χ4n) is 2.17. The number of halogens is 1. The zero-order valence-electron chi connectivity index (χ0n) is 10.5. The molecular weight excluding hydrogens is 236 g/mol. The number of benzene rings is 1. The smallest absolute Gasteiger partial charge is 0.123 e. The summed E-state index contributed by atoms with van der Waals surface area (Å²) in [5, 5.41) is 3.41. The van der Waals surface area contributed by atoms with Crippen LogP contribution in [0.4, 0.5) is 0 Å². The maximum atomic E-state index is 5.38. The number of piperazine rings is 1. The number of methoxy groups -OCH3 is 1. The average molecular weight is 257 g/mol. The molecule has 1 aromatic carbocycles. The van der Waals surface area contributed by atoms with Gasteiger partial charge in [0.25, 0.3) is 0 Å². The highest BCUT2D eigenvalue weighted by molar-refractivity contribution is 5.85. The molecule has 3 nitrogen and oxygen atoms in total. The van der Waals surface area contributed by atoms with Gasteiger partial charge in [0.05, 0.1) is 7.11 Å². The third-order valence-corrected chi connectivity index (χ3v) is 3.20. The summed E-state index contributed by atoms with van der Waals surface area (Å²) >= 11 is 0. The van der Waals surface area contributed by atoms with E-state index in [0.29, 0.717) is 6.04 Å². The molecule has 0 bridgehead atoms. The Balaban J connectivity index is 0.00000144. The fraction of sp³-hybridized carbons (Fsp3) is 0.538. The highest BCUT2D eigenvalue weighted by Crippen LogP contribution is 2.20. The first-order valence-electron chi connectivity index (χ1n) is 5.88. The van der Waals surface area contributed by atoms with Crippen LogP contribution in [0.2, 0.25) is 0 Å². The molecule has 1 aliphatic rings. The highest BCUT2D eigenvalue weighted by atomic mass is 35.5. The molecule has 96 valence electrons. The fourth-order valence-corrected chi connectivity index (χ4v) is 2.17. The molecule has 4 heteroatoms. The van der Waals surface area contributed by atoms with Crippen LogP contribution in [0.3, 0.4) is 0 Å². The van der Waals surface area contributed by atoms with Gasteiger partial charge in [0, 0.05) is 37.8 Å². The van der Waals surface area contributed by atoms with E-state index in [4.69, 9.17) is 4.74 Å². The van der Waals surface area contributed by atoms with E-state index in [1.807, 2.05) is 12.1 Å². The minimum Gasteiger partial charge on any atom is -0.496 e. The SMILES string of the molecule is COc1ccccc1CN1CCNC[C@H]1C.Cl. The van der Waals surface area contributed by atoms with Crippen molar-refractivity contribution in [2.24, 2.45) is 0 Å². The van der Waals surface area contributed by atoms with Crippen molar-refractivity contribution in [2.75, 3.05) is 26.7 Å². The van der Waals surface area contributed by atoms with Crippen molar-refractivity contribution in [1.82, 2.24) is 10.2 Å². The number of rotatable bonds is 3. The molecule has 1 aromatic rings. The van der Waals surface area contributed by atoms with Gasteiger partial charge in [-0.05, 0) is 13.0 Å². The molecular formula is C13H21ClN2O. The first kappa shape index (κ1) is 14.3. The maximum absolute atomic E-state index is 5.38. The van der Waals surface area contributed by atoms with E-state index in [-0.39, 0.29) is 12.4 Å². The van der Waals surface area contributed by atoms with Gasteiger partial charge in [0.15, 0.2) is 0 Å². The molecule has 0 saturated carbocycles. The summed E-state index contributed by atoms with van der Waals surface area (Å²) in [7, 11) is 1.74. The predicted octanol–water partition coefficient (Wildman–Crippen LogP) is 1.91. The van der Waals surface area contributed by atoms with Gasteiger partial charge >= 0.3 is 0 Å². The third kappa shape index (κ3) is 3.60. The summed E-state index contributed by atoms with van der Waals surface area (Å²) in [4.78, 5) is 2.49. The summed E-state index contributed by atoms with van der Waals surface area (Å²) in [6.07, 6.45) is 0. The standard InChI is InChI=1S/C13H20N2O.ClH/c1-11-9-14-7-8-15(11)10-12-5-3-4-6-13(12)16-2;/h3-6,11,14H,7-10H2,1-2H3;1H/t11-;/m1./s1. The van der Waals surface area contributed by atoms with E-state index in [1.165, 1.54) is 5.56 Å². The van der Waals surface area contributed by atoms with Crippen LogP contribution in [0, 0.1) is 0 Å². The topological polar surface area (TPSA) is 24.5 Å². The van der Waals surface area contributed by atoms with Gasteiger partial charge in [-0.2, -0.15) is 0 Å². The monoisotopic (exact) mass is 256 g/mol. The van der Waals surface area contributed by atoms with Gasteiger partial charge < -0.3 is 10.1 Å². The molecule has 1 heterocycles. The Hall–Kier alpha value is -0.770. The summed E-state index contributed by atoms with van der Waals surface area (Å²) < 4.78 is 5.38. The van der Waals surface area contributed by atoms with Crippen molar-refractivity contribution in [3.8, 4) is 5.75 Å². The van der Waals surface area contributed by atoms with Gasteiger partial charge in [-0.3, -0.25) is 4.90 Å². The number of para-hydroxylation sites is 1. The van der Waals surface area contributed by atoms with Crippen LogP contribution in [0.15, 0.2) is 24.3 Å². The van der Waals surface area contributed by atoms with E-state index in [9.17, 15) is 0 Å². The Kier molecular flexibility index (Phi) is 5.75. The summed E-state index contributed by atoms with van der Waals surface area (Å²) in [6.45, 7) is 6.52. The normalized spacial score (nSPS) is 20.7. The van der Waals surface area contributed by atoms with E-state index < -0.39 is 0 Å². The maximum Gasteiger partial charge on any atom is 0.123 e. The molecule has 1 atom stereocenters. The summed E-state index contributed by atoms with van der Waals surface area (Å²) in [6, 6.07) is 8.86. The number of nitrogens with one attached hydrogen (secondary N) is 1. The Morgan fingerprint density at radius 3 is 2.88 bits per heavy atom. The number of hydrogen-bond donors (Lipinski definition) is 1. The molecule has 0 aliphatic carbocycles. The van der Waals surface area contributed by atoms with Gasteiger partial charge in [0.2, 0.25) is 0 Å². The molecule has 17 heavy (non-hydrogen) atoms. The van der Waals surface area contributed by atoms with Crippen molar-refractivity contribution in [2.45, 2.75) is 19.5 Å². The molecule has 1 N–H and O–H groups in total. The zero-order chi connectivity index (χ0) is 11.4. The molecule has 1 aliphatic heterocycles. The van der Waals surface area contributed by atoms with Gasteiger partial charge in [-0.25, -0.2) is 0 Å². The highest BCUT2D eigenvalue weighted by Gasteiger charge is 2.18. The Morgan fingerprint density at radius 2 is 2.18 bits per heavy atom. The molecule has 0 radical (unpaired) electrons. The molecule has 0 aromatic heterocycles. The second kappa shape index (κ2) is 6.84. The second-order valence-electron chi connectivity index (χ2n) is 4.34. The van der Waals surface area contributed by atoms with Crippen LogP contribution >= 0.6 is 12.4 Å². The van der Waals surface area contributed by atoms with Crippen molar-refractivity contribution >= 4 is 12.4 Å². The minimum atomic E-state index is 0. The van der Waals surface area contributed by atoms with Crippen LogP contribution in [0.1, 0.15) is 12.5 Å². The van der Waals surface area contributed by atoms with E-state index >= 15 is 0 Å². The molecule has 0 amide bonds. The average Bonchev–Trinajstić information content (AvgIpc) is 2.33. The lowest BCUT2D eigenvalue weighted by molar-refractivity contribution is 0.164. The lowest BCUT2D eigenvalue weighted by atomic mass is 10.1. The van der Waals surface area contributed by atoms with Gasteiger partial charge in [-0.15, -0.1) is 12.4 Å².